The number of carbonyl (C=O) groups excluding carboxylic acids is 1. The van der Waals surface area contributed by atoms with Crippen LogP contribution in [0.25, 0.3) is 0 Å². The van der Waals surface area contributed by atoms with Crippen molar-refractivity contribution in [3.63, 3.8) is 0 Å². The Kier molecular flexibility index (Phi) is 7.19. The molecule has 3 heteroatoms. The molecule has 0 saturated carbocycles. The van der Waals surface area contributed by atoms with E-state index in [4.69, 9.17) is 9.47 Å². The minimum atomic E-state index is -0.272. The fourth-order valence-corrected chi connectivity index (χ4v) is 1.83. The lowest BCUT2D eigenvalue weighted by atomic mass is 10.1. The number of methoxy groups -OCH3 is 1. The van der Waals surface area contributed by atoms with Gasteiger partial charge >= 0.3 is 5.97 Å². The Morgan fingerprint density at radius 1 is 1.21 bits per heavy atom. The Morgan fingerprint density at radius 3 is 2.42 bits per heavy atom. The molecule has 106 valence electrons. The van der Waals surface area contributed by atoms with Gasteiger partial charge in [0.1, 0.15) is 6.10 Å². The molecule has 3 nitrogen and oxygen atoms in total. The molecule has 1 rings (SSSR count). The van der Waals surface area contributed by atoms with Gasteiger partial charge in [0.15, 0.2) is 0 Å². The third-order valence-corrected chi connectivity index (χ3v) is 3.09. The molecule has 1 aromatic carbocycles. The highest BCUT2D eigenvalue weighted by Gasteiger charge is 2.14. The van der Waals surface area contributed by atoms with E-state index < -0.39 is 0 Å². The number of hydrogen-bond donors (Lipinski definition) is 0. The van der Waals surface area contributed by atoms with Crippen LogP contribution in [0.4, 0.5) is 0 Å². The molecule has 0 aliphatic rings. The molecule has 0 radical (unpaired) electrons. The summed E-state index contributed by atoms with van der Waals surface area (Å²) >= 11 is 0. The number of unbranched alkanes of at least 4 members (excludes halogenated alkanes) is 1. The van der Waals surface area contributed by atoms with E-state index in [-0.39, 0.29) is 12.1 Å². The molecule has 1 atom stereocenters. The first-order valence-corrected chi connectivity index (χ1v) is 7.00. The van der Waals surface area contributed by atoms with E-state index in [1.807, 2.05) is 31.2 Å². The lowest BCUT2D eigenvalue weighted by molar-refractivity contribution is 0.00475. The SMILES string of the molecule is CCCCc1ccc(C(=O)OC(CC)COC)cc1. The Balaban J connectivity index is 2.56. The number of rotatable bonds is 8. The zero-order valence-corrected chi connectivity index (χ0v) is 12.1. The molecule has 0 aromatic heterocycles. The maximum atomic E-state index is 11.9. The zero-order chi connectivity index (χ0) is 14.1. The van der Waals surface area contributed by atoms with E-state index in [0.29, 0.717) is 12.2 Å². The van der Waals surface area contributed by atoms with Gasteiger partial charge in [0.05, 0.1) is 12.2 Å². The molecule has 19 heavy (non-hydrogen) atoms. The average Bonchev–Trinajstić information content (AvgIpc) is 2.45. The maximum Gasteiger partial charge on any atom is 0.338 e. The second-order valence-corrected chi connectivity index (χ2v) is 4.69. The summed E-state index contributed by atoms with van der Waals surface area (Å²) in [6.45, 7) is 4.59. The molecule has 0 spiro atoms. The van der Waals surface area contributed by atoms with Crippen molar-refractivity contribution in [3.8, 4) is 0 Å². The van der Waals surface area contributed by atoms with Crippen LogP contribution in [0.15, 0.2) is 24.3 Å². The third kappa shape index (κ3) is 5.43. The number of ether oxygens (including phenoxy) is 2. The van der Waals surface area contributed by atoms with E-state index in [1.165, 1.54) is 18.4 Å². The van der Waals surface area contributed by atoms with Crippen LogP contribution in [0.3, 0.4) is 0 Å². The van der Waals surface area contributed by atoms with Gasteiger partial charge in [-0.3, -0.25) is 0 Å². The number of hydrogen-bond acceptors (Lipinski definition) is 3. The number of benzene rings is 1. The predicted molar refractivity (Wildman–Crippen MR) is 76.4 cm³/mol. The van der Waals surface area contributed by atoms with Crippen LogP contribution in [0, 0.1) is 0 Å². The van der Waals surface area contributed by atoms with E-state index in [9.17, 15) is 4.79 Å². The second kappa shape index (κ2) is 8.70. The van der Waals surface area contributed by atoms with E-state index >= 15 is 0 Å². The van der Waals surface area contributed by atoms with Gasteiger partial charge in [-0.1, -0.05) is 32.4 Å². The molecule has 0 N–H and O–H groups in total. The van der Waals surface area contributed by atoms with Crippen molar-refractivity contribution in [2.45, 2.75) is 45.6 Å². The summed E-state index contributed by atoms with van der Waals surface area (Å²) in [7, 11) is 1.61. The van der Waals surface area contributed by atoms with Gasteiger partial charge in [0.2, 0.25) is 0 Å². The van der Waals surface area contributed by atoms with Crippen LogP contribution in [0.5, 0.6) is 0 Å². The molecule has 0 amide bonds. The predicted octanol–water partition coefficient (Wildman–Crippen LogP) is 3.61. The van der Waals surface area contributed by atoms with Gasteiger partial charge < -0.3 is 9.47 Å². The van der Waals surface area contributed by atoms with Crippen LogP contribution in [-0.2, 0) is 15.9 Å². The van der Waals surface area contributed by atoms with Crippen molar-refractivity contribution in [2.24, 2.45) is 0 Å². The summed E-state index contributed by atoms with van der Waals surface area (Å²) < 4.78 is 10.4. The lowest BCUT2D eigenvalue weighted by Gasteiger charge is -2.15. The van der Waals surface area contributed by atoms with Gasteiger partial charge in [-0.25, -0.2) is 4.79 Å². The Hall–Kier alpha value is -1.35. The molecule has 0 aliphatic carbocycles. The third-order valence-electron chi connectivity index (χ3n) is 3.09. The summed E-state index contributed by atoms with van der Waals surface area (Å²) in [6.07, 6.45) is 4.01. The first-order chi connectivity index (χ1) is 9.21. The largest absolute Gasteiger partial charge is 0.456 e. The fraction of sp³-hybridized carbons (Fsp3) is 0.562. The normalized spacial score (nSPS) is 12.2. The van der Waals surface area contributed by atoms with Crippen molar-refractivity contribution < 1.29 is 14.3 Å². The number of aryl methyl sites for hydroxylation is 1. The van der Waals surface area contributed by atoms with Crippen LogP contribution >= 0.6 is 0 Å². The van der Waals surface area contributed by atoms with Crippen LogP contribution in [-0.4, -0.2) is 25.8 Å². The molecular weight excluding hydrogens is 240 g/mol. The van der Waals surface area contributed by atoms with Crippen LogP contribution in [0.1, 0.15) is 49.0 Å². The van der Waals surface area contributed by atoms with Gasteiger partial charge in [-0.15, -0.1) is 0 Å². The van der Waals surface area contributed by atoms with Crippen molar-refractivity contribution in [1.82, 2.24) is 0 Å². The summed E-state index contributed by atoms with van der Waals surface area (Å²) in [4.78, 5) is 11.9. The lowest BCUT2D eigenvalue weighted by Crippen LogP contribution is -2.22. The van der Waals surface area contributed by atoms with Crippen LogP contribution in [0.2, 0.25) is 0 Å². The Labute approximate surface area is 115 Å². The zero-order valence-electron chi connectivity index (χ0n) is 12.1. The smallest absolute Gasteiger partial charge is 0.338 e. The topological polar surface area (TPSA) is 35.5 Å². The average molecular weight is 264 g/mol. The molecule has 1 unspecified atom stereocenters. The van der Waals surface area contributed by atoms with Crippen molar-refractivity contribution in [1.29, 1.82) is 0 Å². The monoisotopic (exact) mass is 264 g/mol. The Bertz CT molecular complexity index is 370. The quantitative estimate of drug-likeness (QED) is 0.673. The summed E-state index contributed by atoms with van der Waals surface area (Å²) in [6, 6.07) is 7.69. The van der Waals surface area contributed by atoms with Gasteiger partial charge in [-0.2, -0.15) is 0 Å². The Morgan fingerprint density at radius 2 is 1.89 bits per heavy atom. The minimum absolute atomic E-state index is 0.169. The van der Waals surface area contributed by atoms with Crippen molar-refractivity contribution in [3.05, 3.63) is 35.4 Å². The van der Waals surface area contributed by atoms with Gasteiger partial charge in [0, 0.05) is 7.11 Å². The minimum Gasteiger partial charge on any atom is -0.456 e. The highest BCUT2D eigenvalue weighted by atomic mass is 16.6. The molecule has 0 heterocycles. The molecule has 0 aliphatic heterocycles. The molecule has 0 saturated heterocycles. The first-order valence-electron chi connectivity index (χ1n) is 7.00. The summed E-state index contributed by atoms with van der Waals surface area (Å²) in [5, 5.41) is 0. The number of esters is 1. The van der Waals surface area contributed by atoms with E-state index in [0.717, 1.165) is 12.8 Å². The van der Waals surface area contributed by atoms with Crippen molar-refractivity contribution in [2.75, 3.05) is 13.7 Å². The van der Waals surface area contributed by atoms with Crippen LogP contribution < -0.4 is 0 Å². The number of carbonyl (C=O) groups is 1. The highest BCUT2D eigenvalue weighted by molar-refractivity contribution is 5.89. The van der Waals surface area contributed by atoms with Gasteiger partial charge in [-0.05, 0) is 37.0 Å². The molecule has 1 aromatic rings. The van der Waals surface area contributed by atoms with E-state index in [1.54, 1.807) is 7.11 Å². The van der Waals surface area contributed by atoms with E-state index in [2.05, 4.69) is 6.92 Å². The molecule has 0 fully saturated rings. The standard InChI is InChI=1S/C16H24O3/c1-4-6-7-13-8-10-14(11-9-13)16(17)19-15(5-2)12-18-3/h8-11,15H,4-7,12H2,1-3H3. The second-order valence-electron chi connectivity index (χ2n) is 4.69. The van der Waals surface area contributed by atoms with Gasteiger partial charge in [0.25, 0.3) is 0 Å². The fourth-order valence-electron chi connectivity index (χ4n) is 1.83. The summed E-state index contributed by atoms with van der Waals surface area (Å²) in [5.41, 5.74) is 1.87. The maximum absolute atomic E-state index is 11.9. The molecule has 0 bridgehead atoms. The first kappa shape index (κ1) is 15.7. The molecular formula is C16H24O3. The van der Waals surface area contributed by atoms with Crippen molar-refractivity contribution >= 4 is 5.97 Å². The highest BCUT2D eigenvalue weighted by Crippen LogP contribution is 2.11. The summed E-state index contributed by atoms with van der Waals surface area (Å²) in [5.74, 6) is -0.272.